The molecule has 0 bridgehead atoms. The molecule has 1 fully saturated rings. The lowest BCUT2D eigenvalue weighted by Gasteiger charge is -2.35. The summed E-state index contributed by atoms with van der Waals surface area (Å²) in [5.74, 6) is 0.438. The fourth-order valence-corrected chi connectivity index (χ4v) is 5.13. The highest BCUT2D eigenvalue weighted by molar-refractivity contribution is 7.92. The van der Waals surface area contributed by atoms with Gasteiger partial charge < -0.3 is 4.90 Å². The fraction of sp³-hybridized carbons (Fsp3) is 0.480. The zero-order valence-electron chi connectivity index (χ0n) is 19.0. The highest BCUT2D eigenvalue weighted by Gasteiger charge is 2.29. The Bertz CT molecular complexity index is 1000. The Morgan fingerprint density at radius 3 is 2.23 bits per heavy atom. The zero-order valence-corrected chi connectivity index (χ0v) is 19.8. The second-order valence-corrected chi connectivity index (χ2v) is 11.3. The van der Waals surface area contributed by atoms with Crippen LogP contribution in [0.25, 0.3) is 0 Å². The number of carbonyl (C=O) groups is 1. The number of nitrogens with one attached hydrogen (secondary N) is 1. The van der Waals surface area contributed by atoms with Crippen molar-refractivity contribution in [2.24, 2.45) is 11.3 Å². The van der Waals surface area contributed by atoms with Crippen molar-refractivity contribution in [3.63, 3.8) is 0 Å². The molecule has 2 aromatic carbocycles. The van der Waals surface area contributed by atoms with Crippen LogP contribution in [0.5, 0.6) is 0 Å². The number of piperidine rings is 1. The summed E-state index contributed by atoms with van der Waals surface area (Å²) in [5.41, 5.74) is 2.54. The van der Waals surface area contributed by atoms with Crippen LogP contribution >= 0.6 is 0 Å². The molecule has 0 spiro atoms. The maximum absolute atomic E-state index is 12.9. The molecule has 0 amide bonds. The monoisotopic (exact) mass is 442 g/mol. The second kappa shape index (κ2) is 9.43. The number of Topliss-reactive ketones (excluding diaryl/α,β-unsaturated/α-hetero) is 1. The predicted octanol–water partition coefficient (Wildman–Crippen LogP) is 5.27. The number of aryl methyl sites for hydroxylation is 1. The Hall–Kier alpha value is -2.34. The lowest BCUT2D eigenvalue weighted by atomic mass is 9.82. The largest absolute Gasteiger partial charge is 0.370 e. The Labute approximate surface area is 186 Å². The number of carbonyl (C=O) groups excluding carboxylic acids is 1. The number of para-hydroxylation sites is 2. The number of nitrogens with zero attached hydrogens (tertiary/aromatic N) is 1. The van der Waals surface area contributed by atoms with Gasteiger partial charge in [-0.3, -0.25) is 9.52 Å². The van der Waals surface area contributed by atoms with Crippen LogP contribution in [0.3, 0.4) is 0 Å². The Kier molecular flexibility index (Phi) is 7.10. The van der Waals surface area contributed by atoms with E-state index < -0.39 is 10.0 Å². The van der Waals surface area contributed by atoms with Crippen LogP contribution in [0.1, 0.15) is 52.5 Å². The molecule has 0 unspecified atom stereocenters. The standard InChI is InChI=1S/C25H34N2O3S/c1-5-19-10-12-21(13-11-19)31(29,30)26-22-8-6-7-9-23(22)27-16-14-20(15-17-27)24(28)18-25(2,3)4/h6-13,20,26H,5,14-18H2,1-4H3. The molecule has 0 aliphatic carbocycles. The first kappa shape index (κ1) is 23.3. The smallest absolute Gasteiger partial charge is 0.261 e. The van der Waals surface area contributed by atoms with Crippen LogP contribution in [0.2, 0.25) is 0 Å². The van der Waals surface area contributed by atoms with Crippen LogP contribution in [-0.4, -0.2) is 27.3 Å². The van der Waals surface area contributed by atoms with E-state index in [4.69, 9.17) is 0 Å². The summed E-state index contributed by atoms with van der Waals surface area (Å²) in [5, 5.41) is 0. The van der Waals surface area contributed by atoms with E-state index in [-0.39, 0.29) is 16.2 Å². The van der Waals surface area contributed by atoms with E-state index in [2.05, 4.69) is 30.4 Å². The third-order valence-electron chi connectivity index (χ3n) is 5.79. The number of hydrogen-bond acceptors (Lipinski definition) is 4. The van der Waals surface area contributed by atoms with Crippen molar-refractivity contribution in [2.75, 3.05) is 22.7 Å². The molecule has 1 aliphatic heterocycles. The van der Waals surface area contributed by atoms with Crippen LogP contribution in [0.15, 0.2) is 53.4 Å². The van der Waals surface area contributed by atoms with Crippen LogP contribution in [0, 0.1) is 11.3 Å². The van der Waals surface area contributed by atoms with E-state index >= 15 is 0 Å². The van der Waals surface area contributed by atoms with E-state index in [1.165, 1.54) is 0 Å². The molecule has 6 heteroatoms. The summed E-state index contributed by atoms with van der Waals surface area (Å²) in [7, 11) is -3.67. The van der Waals surface area contributed by atoms with Gasteiger partial charge in [0, 0.05) is 25.4 Å². The molecule has 0 radical (unpaired) electrons. The average molecular weight is 443 g/mol. The molecule has 2 aromatic rings. The van der Waals surface area contributed by atoms with Gasteiger partial charge in [0.2, 0.25) is 0 Å². The van der Waals surface area contributed by atoms with Crippen molar-refractivity contribution in [1.82, 2.24) is 0 Å². The normalized spacial score (nSPS) is 15.7. The van der Waals surface area contributed by atoms with E-state index in [0.717, 1.165) is 43.6 Å². The number of ketones is 1. The molecule has 0 aromatic heterocycles. The SMILES string of the molecule is CCc1ccc(S(=O)(=O)Nc2ccccc2N2CCC(C(=O)CC(C)(C)C)CC2)cc1. The molecule has 1 saturated heterocycles. The highest BCUT2D eigenvalue weighted by Crippen LogP contribution is 2.33. The van der Waals surface area contributed by atoms with Gasteiger partial charge in [-0.2, -0.15) is 0 Å². The molecule has 1 heterocycles. The van der Waals surface area contributed by atoms with Gasteiger partial charge in [-0.05, 0) is 54.5 Å². The second-order valence-electron chi connectivity index (χ2n) is 9.59. The number of benzene rings is 2. The van der Waals surface area contributed by atoms with Crippen molar-refractivity contribution < 1.29 is 13.2 Å². The number of anilines is 2. The summed E-state index contributed by atoms with van der Waals surface area (Å²) >= 11 is 0. The third kappa shape index (κ3) is 6.10. The van der Waals surface area contributed by atoms with Crippen molar-refractivity contribution in [3.8, 4) is 0 Å². The zero-order chi connectivity index (χ0) is 22.6. The average Bonchev–Trinajstić information content (AvgIpc) is 2.73. The van der Waals surface area contributed by atoms with Gasteiger partial charge in [0.15, 0.2) is 0 Å². The molecule has 168 valence electrons. The van der Waals surface area contributed by atoms with Crippen molar-refractivity contribution in [1.29, 1.82) is 0 Å². The van der Waals surface area contributed by atoms with E-state index in [9.17, 15) is 13.2 Å². The molecule has 5 nitrogen and oxygen atoms in total. The summed E-state index contributed by atoms with van der Waals surface area (Å²) in [4.78, 5) is 15.0. The quantitative estimate of drug-likeness (QED) is 0.634. The van der Waals surface area contributed by atoms with Gasteiger partial charge in [-0.25, -0.2) is 8.42 Å². The molecule has 0 saturated carbocycles. The van der Waals surface area contributed by atoms with Gasteiger partial charge in [0.25, 0.3) is 10.0 Å². The van der Waals surface area contributed by atoms with Crippen LogP contribution in [-0.2, 0) is 21.2 Å². The van der Waals surface area contributed by atoms with Gasteiger partial charge in [0.1, 0.15) is 5.78 Å². The lowest BCUT2D eigenvalue weighted by molar-refractivity contribution is -0.125. The first-order valence-electron chi connectivity index (χ1n) is 11.1. The van der Waals surface area contributed by atoms with Gasteiger partial charge in [-0.15, -0.1) is 0 Å². The first-order valence-corrected chi connectivity index (χ1v) is 12.6. The lowest BCUT2D eigenvalue weighted by Crippen LogP contribution is -2.37. The van der Waals surface area contributed by atoms with Crippen molar-refractivity contribution >= 4 is 27.2 Å². The molecular formula is C25H34N2O3S. The maximum Gasteiger partial charge on any atom is 0.261 e. The Morgan fingerprint density at radius 1 is 1.03 bits per heavy atom. The molecule has 0 atom stereocenters. The molecule has 1 N–H and O–H groups in total. The van der Waals surface area contributed by atoms with Gasteiger partial charge >= 0.3 is 0 Å². The first-order chi connectivity index (χ1) is 14.6. The molecule has 1 aliphatic rings. The minimum atomic E-state index is -3.67. The van der Waals surface area contributed by atoms with Crippen molar-refractivity contribution in [3.05, 3.63) is 54.1 Å². The number of rotatable bonds is 7. The molecular weight excluding hydrogens is 408 g/mol. The number of hydrogen-bond donors (Lipinski definition) is 1. The van der Waals surface area contributed by atoms with E-state index in [1.54, 1.807) is 18.2 Å². The number of sulfonamides is 1. The maximum atomic E-state index is 12.9. The highest BCUT2D eigenvalue weighted by atomic mass is 32.2. The van der Waals surface area contributed by atoms with Crippen LogP contribution < -0.4 is 9.62 Å². The summed E-state index contributed by atoms with van der Waals surface area (Å²) in [6.07, 6.45) is 3.07. The minimum Gasteiger partial charge on any atom is -0.370 e. The minimum absolute atomic E-state index is 0.00836. The summed E-state index contributed by atoms with van der Waals surface area (Å²) in [6, 6.07) is 14.5. The predicted molar refractivity (Wildman–Crippen MR) is 127 cm³/mol. The molecule has 31 heavy (non-hydrogen) atoms. The van der Waals surface area contributed by atoms with Gasteiger partial charge in [-0.1, -0.05) is 52.0 Å². The summed E-state index contributed by atoms with van der Waals surface area (Å²) in [6.45, 7) is 9.81. The Balaban J connectivity index is 1.72. The fourth-order valence-electron chi connectivity index (χ4n) is 4.05. The molecule has 3 rings (SSSR count). The topological polar surface area (TPSA) is 66.5 Å². The van der Waals surface area contributed by atoms with Crippen LogP contribution in [0.4, 0.5) is 11.4 Å². The third-order valence-corrected chi connectivity index (χ3v) is 7.17. The van der Waals surface area contributed by atoms with Gasteiger partial charge in [0.05, 0.1) is 16.3 Å². The Morgan fingerprint density at radius 2 is 1.65 bits per heavy atom. The summed E-state index contributed by atoms with van der Waals surface area (Å²) < 4.78 is 28.6. The van der Waals surface area contributed by atoms with E-state index in [1.807, 2.05) is 37.3 Å². The van der Waals surface area contributed by atoms with E-state index in [0.29, 0.717) is 17.9 Å². The van der Waals surface area contributed by atoms with Crippen molar-refractivity contribution in [2.45, 2.75) is 58.3 Å².